The molecule has 0 saturated heterocycles. The first kappa shape index (κ1) is 24.1. The Labute approximate surface area is 257 Å². The zero-order valence-corrected chi connectivity index (χ0v) is 22.8. The van der Waals surface area contributed by atoms with Crippen LogP contribution in [-0.4, -0.2) is 75.3 Å². The van der Waals surface area contributed by atoms with Crippen LogP contribution < -0.4 is 8.47 Å². The molecule has 0 amide bonds. The van der Waals surface area contributed by atoms with Gasteiger partial charge in [-0.3, -0.25) is 0 Å². The molecule has 0 unspecified atom stereocenters. The van der Waals surface area contributed by atoms with Crippen LogP contribution in [0.4, 0.5) is 0 Å². The Balaban J connectivity index is 1.52. The summed E-state index contributed by atoms with van der Waals surface area (Å²) in [4.78, 5) is 37.2. The fourth-order valence-corrected chi connectivity index (χ4v) is 6.00. The zero-order chi connectivity index (χ0) is 27.9. The van der Waals surface area contributed by atoms with Crippen LogP contribution >= 0.6 is 0 Å². The van der Waals surface area contributed by atoms with Crippen LogP contribution in [0.3, 0.4) is 0 Å². The molecule has 0 aliphatic carbocycles. The maximum absolute atomic E-state index is 5.12. The molecule has 42 heavy (non-hydrogen) atoms. The van der Waals surface area contributed by atoms with E-state index in [2.05, 4.69) is 57.5 Å². The Morgan fingerprint density at radius 2 is 0.810 bits per heavy atom. The molecule has 4 aromatic carbocycles. The topological polar surface area (TPSA) is 109 Å². The van der Waals surface area contributed by atoms with E-state index in [9.17, 15) is 0 Å². The van der Waals surface area contributed by atoms with Crippen LogP contribution in [0.2, 0.25) is 0 Å². The van der Waals surface area contributed by atoms with Crippen LogP contribution in [0.1, 0.15) is 0 Å². The third-order valence-corrected chi connectivity index (χ3v) is 8.25. The van der Waals surface area contributed by atoms with Gasteiger partial charge < -0.3 is 0 Å². The van der Waals surface area contributed by atoms with E-state index in [4.69, 9.17) is 29.9 Å². The molecule has 186 valence electrons. The molecule has 0 fully saturated rings. The second kappa shape index (κ2) is 8.97. The van der Waals surface area contributed by atoms with Crippen molar-refractivity contribution in [1.29, 1.82) is 0 Å². The minimum atomic E-state index is 0.599. The number of benzene rings is 4. The number of fused-ring (bicyclic) bond motifs is 20. The number of nitrogens with zero attached hydrogens (tertiary/aromatic N) is 6. The number of nitrogens with one attached hydrogen (secondary N) is 2. The molecule has 0 radical (unpaired) electrons. The van der Waals surface area contributed by atoms with Crippen molar-refractivity contribution in [3.63, 3.8) is 0 Å². The second-order valence-corrected chi connectivity index (χ2v) is 10.7. The summed E-state index contributed by atoms with van der Waals surface area (Å²) in [6, 6.07) is 28.5. The number of hydrogen-bond acceptors (Lipinski definition) is 6. The predicted octanol–water partition coefficient (Wildman–Crippen LogP) is 4.46. The fourth-order valence-electron chi connectivity index (χ4n) is 6.00. The molecule has 8 nitrogen and oxygen atoms in total. The normalized spacial score (nSPS) is 12.1. The van der Waals surface area contributed by atoms with Crippen molar-refractivity contribution >= 4 is 88.0 Å². The van der Waals surface area contributed by atoms with Crippen LogP contribution in [0.25, 0.3) is 89.7 Å². The predicted molar refractivity (Wildman–Crippen MR) is 167 cm³/mol. The van der Waals surface area contributed by atoms with Gasteiger partial charge in [-0.15, -0.1) is 0 Å². The molecule has 2 N–H and O–H groups in total. The van der Waals surface area contributed by atoms with Gasteiger partial charge in [-0.1, -0.05) is 6.07 Å². The third kappa shape index (κ3) is 3.51. The molecular formula is C32H16Li2N8. The van der Waals surface area contributed by atoms with Crippen molar-refractivity contribution in [1.82, 2.24) is 39.9 Å². The van der Waals surface area contributed by atoms with Gasteiger partial charge in [0.1, 0.15) is 0 Å². The van der Waals surface area contributed by atoms with Gasteiger partial charge in [0.15, 0.2) is 0 Å². The Morgan fingerprint density at radius 3 is 1.31 bits per heavy atom. The fraction of sp³-hybridized carbons (Fsp3) is 0. The van der Waals surface area contributed by atoms with Gasteiger partial charge in [0.25, 0.3) is 0 Å². The van der Waals surface area contributed by atoms with Crippen molar-refractivity contribution in [2.24, 2.45) is 0 Å². The first-order valence-corrected chi connectivity index (χ1v) is 13.8. The van der Waals surface area contributed by atoms with Crippen LogP contribution in [0.5, 0.6) is 0 Å². The zero-order valence-electron chi connectivity index (χ0n) is 22.8. The van der Waals surface area contributed by atoms with Crippen LogP contribution in [-0.2, 0) is 0 Å². The molecule has 2 aliphatic heterocycles. The van der Waals surface area contributed by atoms with Crippen molar-refractivity contribution in [2.45, 2.75) is 0 Å². The first-order chi connectivity index (χ1) is 20.6. The molecule has 7 aromatic rings. The third-order valence-electron chi connectivity index (χ3n) is 8.25. The summed E-state index contributed by atoms with van der Waals surface area (Å²) in [6.45, 7) is 0. The monoisotopic (exact) mass is 526 g/mol. The van der Waals surface area contributed by atoms with E-state index in [-0.39, 0.29) is 0 Å². The maximum atomic E-state index is 5.12. The summed E-state index contributed by atoms with van der Waals surface area (Å²) in [5, 5.41) is 3.91. The Bertz CT molecular complexity index is 2460. The molecule has 9 rings (SSSR count). The minimum absolute atomic E-state index is 0.599. The molecule has 10 heteroatoms. The Hall–Kier alpha value is -4.57. The quantitative estimate of drug-likeness (QED) is 0.283. The second-order valence-electron chi connectivity index (χ2n) is 10.7. The van der Waals surface area contributed by atoms with Crippen molar-refractivity contribution in [2.75, 3.05) is 0 Å². The SMILES string of the molecule is [Li][c]1ccc2c3nc4nc(nc5[nH]c(nc6nc(nc([nH]3)c2[c]1[Li])-c1ccccc1-6)c1ccccc51)-c1ccccc1-4. The summed E-state index contributed by atoms with van der Waals surface area (Å²) >= 11 is 4.23. The van der Waals surface area contributed by atoms with E-state index in [1.54, 1.807) is 0 Å². The van der Waals surface area contributed by atoms with E-state index in [1.165, 1.54) is 4.24 Å². The molecule has 2 aliphatic rings. The van der Waals surface area contributed by atoms with Crippen LogP contribution in [0.15, 0.2) is 84.9 Å². The van der Waals surface area contributed by atoms with Crippen molar-refractivity contribution < 1.29 is 0 Å². The van der Waals surface area contributed by atoms with Gasteiger partial charge >= 0.3 is 252 Å². The van der Waals surface area contributed by atoms with Gasteiger partial charge in [0.05, 0.1) is 0 Å². The number of H-pyrrole nitrogens is 2. The molecule has 0 saturated carbocycles. The van der Waals surface area contributed by atoms with E-state index >= 15 is 0 Å². The average molecular weight is 526 g/mol. The van der Waals surface area contributed by atoms with Crippen LogP contribution in [0, 0.1) is 0 Å². The van der Waals surface area contributed by atoms with Crippen molar-refractivity contribution in [3.8, 4) is 45.6 Å². The Kier molecular flexibility index (Phi) is 5.14. The van der Waals surface area contributed by atoms with Gasteiger partial charge in [0.2, 0.25) is 0 Å². The number of hydrogen-bond donors (Lipinski definition) is 2. The molecule has 8 bridgehead atoms. The number of rotatable bonds is 0. The van der Waals surface area contributed by atoms with Gasteiger partial charge in [-0.2, -0.15) is 0 Å². The number of aromatic amines is 2. The molecule has 5 heterocycles. The van der Waals surface area contributed by atoms with Gasteiger partial charge in [-0.25, -0.2) is 0 Å². The van der Waals surface area contributed by atoms with Crippen molar-refractivity contribution in [3.05, 3.63) is 84.9 Å². The molecule has 3 aromatic heterocycles. The summed E-state index contributed by atoms with van der Waals surface area (Å²) in [7, 11) is 0. The molecule has 0 atom stereocenters. The standard InChI is InChI=1S/C32H16N8.2Li/c1-2-10-18-17(9-1)25-33-26(18)38-28-21-13-5-6-14-22(21)30(35-28)40-32-24-16-8-7-15-23(24)31(36-32)39-29-20-12-4-3-11-19(20)27(34-29)37-25;;/h1-7,9-15H,(H2,33,34,35,36,37,38,39,40);;. The molecular weight excluding hydrogens is 510 g/mol. The van der Waals surface area contributed by atoms with E-state index < -0.39 is 0 Å². The van der Waals surface area contributed by atoms with Gasteiger partial charge in [0, 0.05) is 0 Å². The summed E-state index contributed by atoms with van der Waals surface area (Å²) in [5.41, 5.74) is 6.50. The van der Waals surface area contributed by atoms with Gasteiger partial charge in [-0.05, 0) is 0 Å². The average Bonchev–Trinajstić information content (AvgIpc) is 3.74. The molecule has 0 spiro atoms. The number of aromatic nitrogens is 8. The van der Waals surface area contributed by atoms with E-state index in [1.807, 2.05) is 72.8 Å². The van der Waals surface area contributed by atoms with E-state index in [0.717, 1.165) is 48.0 Å². The first-order valence-electron chi connectivity index (χ1n) is 13.8. The Morgan fingerprint density at radius 1 is 0.405 bits per heavy atom. The van der Waals surface area contributed by atoms with E-state index in [0.29, 0.717) is 45.9 Å². The summed E-state index contributed by atoms with van der Waals surface area (Å²) in [6.07, 6.45) is 0. The summed E-state index contributed by atoms with van der Waals surface area (Å²) in [5.74, 6) is 2.40. The summed E-state index contributed by atoms with van der Waals surface area (Å²) < 4.78 is 2.32.